The van der Waals surface area contributed by atoms with Crippen molar-refractivity contribution < 1.29 is 23.9 Å². The second-order valence-corrected chi connectivity index (χ2v) is 4.99. The fourth-order valence-electron chi connectivity index (χ4n) is 0.386. The van der Waals surface area contributed by atoms with E-state index in [1.165, 1.54) is 14.0 Å². The van der Waals surface area contributed by atoms with Crippen LogP contribution in [0.15, 0.2) is 0 Å². The lowest BCUT2D eigenvalue weighted by atomic mass is 9.92. The van der Waals surface area contributed by atoms with Gasteiger partial charge in [0.1, 0.15) is 12.4 Å². The number of carbonyl (C=O) groups is 3. The summed E-state index contributed by atoms with van der Waals surface area (Å²) in [4.78, 5) is 31.6. The minimum atomic E-state index is -0.602. The van der Waals surface area contributed by atoms with Crippen molar-refractivity contribution in [2.24, 2.45) is 5.41 Å². The Morgan fingerprint density at radius 3 is 1.72 bits per heavy atom. The molecule has 0 aromatic rings. The van der Waals surface area contributed by atoms with Gasteiger partial charge in [-0.2, -0.15) is 0 Å². The summed E-state index contributed by atoms with van der Waals surface area (Å²) in [7, 11) is 1.40. The first-order valence-electron chi connectivity index (χ1n) is 5.72. The van der Waals surface area contributed by atoms with Crippen LogP contribution in [0.4, 0.5) is 0 Å². The zero-order chi connectivity index (χ0) is 14.9. The van der Waals surface area contributed by atoms with Gasteiger partial charge in [0.2, 0.25) is 0 Å². The number of rotatable bonds is 4. The van der Waals surface area contributed by atoms with Crippen LogP contribution in [-0.4, -0.2) is 37.4 Å². The number of ether oxygens (including phenoxy) is 2. The molecular weight excluding hydrogens is 236 g/mol. The Kier molecular flexibility index (Phi) is 9.35. The van der Waals surface area contributed by atoms with Gasteiger partial charge in [-0.3, -0.25) is 9.59 Å². The largest absolute Gasteiger partial charge is 0.456 e. The van der Waals surface area contributed by atoms with Crippen LogP contribution in [-0.2, 0) is 23.9 Å². The molecule has 0 amide bonds. The maximum Gasteiger partial charge on any atom is 0.335 e. The number of hydrogen-bond acceptors (Lipinski definition) is 5. The van der Waals surface area contributed by atoms with E-state index in [9.17, 15) is 14.4 Å². The molecule has 5 nitrogen and oxygen atoms in total. The molecule has 0 aliphatic heterocycles. The molecule has 1 unspecified atom stereocenters. The normalized spacial score (nSPS) is 11.9. The molecule has 0 aliphatic carbocycles. The number of Topliss-reactive ketones (excluding diaryl/α,β-unsaturated/α-hetero) is 2. The highest BCUT2D eigenvalue weighted by molar-refractivity contribution is 5.81. The first-order valence-corrected chi connectivity index (χ1v) is 5.72. The fourth-order valence-corrected chi connectivity index (χ4v) is 0.386. The molecule has 0 radical (unpaired) electrons. The topological polar surface area (TPSA) is 69.7 Å². The van der Waals surface area contributed by atoms with Crippen molar-refractivity contribution in [1.29, 1.82) is 0 Å². The van der Waals surface area contributed by atoms with E-state index in [4.69, 9.17) is 0 Å². The highest BCUT2D eigenvalue weighted by atomic mass is 16.6. The summed E-state index contributed by atoms with van der Waals surface area (Å²) >= 11 is 0. The van der Waals surface area contributed by atoms with Crippen LogP contribution in [0.5, 0.6) is 0 Å². The summed E-state index contributed by atoms with van der Waals surface area (Å²) in [6.07, 6.45) is -0.602. The van der Waals surface area contributed by atoms with Crippen molar-refractivity contribution in [3.05, 3.63) is 0 Å². The zero-order valence-corrected chi connectivity index (χ0v) is 12.3. The van der Waals surface area contributed by atoms with E-state index in [1.807, 2.05) is 20.8 Å². The van der Waals surface area contributed by atoms with Crippen LogP contribution in [0.1, 0.15) is 41.5 Å². The Morgan fingerprint density at radius 1 is 1.11 bits per heavy atom. The van der Waals surface area contributed by atoms with E-state index in [1.54, 1.807) is 13.8 Å². The Hall–Kier alpha value is -1.23. The van der Waals surface area contributed by atoms with Gasteiger partial charge in [-0.1, -0.05) is 20.8 Å². The monoisotopic (exact) mass is 260 g/mol. The van der Waals surface area contributed by atoms with Crippen molar-refractivity contribution >= 4 is 17.5 Å². The summed E-state index contributed by atoms with van der Waals surface area (Å²) in [6.45, 7) is 10.1. The molecule has 0 bridgehead atoms. The zero-order valence-electron chi connectivity index (χ0n) is 12.3. The van der Waals surface area contributed by atoms with Gasteiger partial charge in [0.25, 0.3) is 0 Å². The molecule has 1 atom stereocenters. The quantitative estimate of drug-likeness (QED) is 0.720. The molecule has 0 saturated heterocycles. The lowest BCUT2D eigenvalue weighted by Gasteiger charge is -2.11. The molecule has 0 heterocycles. The van der Waals surface area contributed by atoms with E-state index in [0.717, 1.165) is 0 Å². The predicted molar refractivity (Wildman–Crippen MR) is 68.2 cm³/mol. The number of methoxy groups -OCH3 is 1. The average molecular weight is 260 g/mol. The molecular formula is C13H24O5. The third-order valence-electron chi connectivity index (χ3n) is 2.16. The van der Waals surface area contributed by atoms with Crippen LogP contribution in [0.2, 0.25) is 0 Å². The number of hydrogen-bond donors (Lipinski definition) is 0. The minimum absolute atomic E-state index is 0.139. The summed E-state index contributed by atoms with van der Waals surface area (Å²) < 4.78 is 9.20. The van der Waals surface area contributed by atoms with E-state index < -0.39 is 12.1 Å². The molecule has 0 rings (SSSR count). The third-order valence-corrected chi connectivity index (χ3v) is 2.16. The molecule has 0 aromatic heterocycles. The minimum Gasteiger partial charge on any atom is -0.456 e. The summed E-state index contributed by atoms with van der Waals surface area (Å²) in [5.41, 5.74) is -0.139. The van der Waals surface area contributed by atoms with Gasteiger partial charge < -0.3 is 9.47 Å². The van der Waals surface area contributed by atoms with Crippen LogP contribution in [0, 0.1) is 5.41 Å². The Labute approximate surface area is 109 Å². The van der Waals surface area contributed by atoms with Crippen molar-refractivity contribution in [2.75, 3.05) is 13.7 Å². The van der Waals surface area contributed by atoms with Gasteiger partial charge in [-0.05, 0) is 20.8 Å². The highest BCUT2D eigenvalue weighted by Crippen LogP contribution is 2.12. The Balaban J connectivity index is 0. The van der Waals surface area contributed by atoms with E-state index in [-0.39, 0.29) is 23.6 Å². The molecule has 0 fully saturated rings. The van der Waals surface area contributed by atoms with Crippen molar-refractivity contribution in [2.45, 2.75) is 47.6 Å². The second-order valence-electron chi connectivity index (χ2n) is 4.99. The van der Waals surface area contributed by atoms with Crippen molar-refractivity contribution in [1.82, 2.24) is 0 Å². The van der Waals surface area contributed by atoms with E-state index in [2.05, 4.69) is 9.47 Å². The molecule has 18 heavy (non-hydrogen) atoms. The average Bonchev–Trinajstić information content (AvgIpc) is 2.24. The molecule has 5 heteroatoms. The number of ketones is 2. The van der Waals surface area contributed by atoms with Crippen LogP contribution in [0.3, 0.4) is 0 Å². The molecule has 0 spiro atoms. The van der Waals surface area contributed by atoms with E-state index >= 15 is 0 Å². The molecule has 0 aromatic carbocycles. The van der Waals surface area contributed by atoms with Crippen LogP contribution >= 0.6 is 0 Å². The lowest BCUT2D eigenvalue weighted by molar-refractivity contribution is -0.156. The first-order chi connectivity index (χ1) is 8.02. The van der Waals surface area contributed by atoms with Gasteiger partial charge in [-0.15, -0.1) is 0 Å². The second kappa shape index (κ2) is 8.80. The smallest absolute Gasteiger partial charge is 0.335 e. The standard InChI is InChI=1S/C7H12O4.C6H12O/c1-5(8)4-11-7(9)6(2)10-3;1-5(7)6(2,3)4/h6H,4H2,1-3H3;1-4H3. The Morgan fingerprint density at radius 2 is 1.50 bits per heavy atom. The fraction of sp³-hybridized carbons (Fsp3) is 0.769. The summed E-state index contributed by atoms with van der Waals surface area (Å²) in [5.74, 6) is -0.447. The molecule has 0 N–H and O–H groups in total. The van der Waals surface area contributed by atoms with Gasteiger partial charge >= 0.3 is 5.97 Å². The lowest BCUT2D eigenvalue weighted by Crippen LogP contribution is -2.23. The van der Waals surface area contributed by atoms with Crippen LogP contribution < -0.4 is 0 Å². The van der Waals surface area contributed by atoms with Crippen molar-refractivity contribution in [3.8, 4) is 0 Å². The van der Waals surface area contributed by atoms with Gasteiger partial charge in [-0.25, -0.2) is 4.79 Å². The number of esters is 1. The predicted octanol–water partition coefficient (Wildman–Crippen LogP) is 1.77. The van der Waals surface area contributed by atoms with Gasteiger partial charge in [0.15, 0.2) is 11.9 Å². The maximum absolute atomic E-state index is 10.8. The Bertz CT molecular complexity index is 288. The number of carbonyl (C=O) groups excluding carboxylic acids is 3. The highest BCUT2D eigenvalue weighted by Gasteiger charge is 2.14. The summed E-state index contributed by atoms with van der Waals surface area (Å²) in [6, 6.07) is 0. The van der Waals surface area contributed by atoms with Crippen LogP contribution in [0.25, 0.3) is 0 Å². The molecule has 0 saturated carbocycles. The molecule has 106 valence electrons. The first kappa shape index (κ1) is 19.1. The van der Waals surface area contributed by atoms with E-state index in [0.29, 0.717) is 0 Å². The summed E-state index contributed by atoms with van der Waals surface area (Å²) in [5, 5.41) is 0. The molecule has 0 aliphatic rings. The third kappa shape index (κ3) is 11.3. The van der Waals surface area contributed by atoms with Crippen molar-refractivity contribution in [3.63, 3.8) is 0 Å². The maximum atomic E-state index is 10.8. The van der Waals surface area contributed by atoms with Gasteiger partial charge in [0, 0.05) is 12.5 Å². The SMILES string of the molecule is CC(=O)C(C)(C)C.COC(C)C(=O)OCC(C)=O. The van der Waals surface area contributed by atoms with Gasteiger partial charge in [0.05, 0.1) is 0 Å².